The molecule has 0 unspecified atom stereocenters. The van der Waals surface area contributed by atoms with E-state index in [1.54, 1.807) is 31.3 Å². The van der Waals surface area contributed by atoms with Crippen LogP contribution in [0.2, 0.25) is 0 Å². The van der Waals surface area contributed by atoms with E-state index in [9.17, 15) is 13.2 Å². The van der Waals surface area contributed by atoms with Crippen molar-refractivity contribution in [3.05, 3.63) is 89.2 Å². The number of anilines is 1. The minimum atomic E-state index is -3.61. The Morgan fingerprint density at radius 3 is 2.55 bits per heavy atom. The number of piperidine rings is 1. The summed E-state index contributed by atoms with van der Waals surface area (Å²) in [5, 5.41) is 2.90. The van der Waals surface area contributed by atoms with Gasteiger partial charge in [-0.15, -0.1) is 0 Å². The molecule has 2 heterocycles. The van der Waals surface area contributed by atoms with Crippen LogP contribution in [-0.2, 0) is 10.0 Å². The number of nitrogens with one attached hydrogen (secondary N) is 1. The van der Waals surface area contributed by atoms with Crippen molar-refractivity contribution < 1.29 is 13.2 Å². The lowest BCUT2D eigenvalue weighted by atomic mass is 10.1. The molecule has 0 saturated carbocycles. The van der Waals surface area contributed by atoms with E-state index in [1.807, 2.05) is 48.6 Å². The molecule has 1 aliphatic rings. The first kappa shape index (κ1) is 22.9. The van der Waals surface area contributed by atoms with Crippen LogP contribution < -0.4 is 5.32 Å². The number of rotatable bonds is 6. The van der Waals surface area contributed by atoms with Gasteiger partial charge in [-0.05, 0) is 73.4 Å². The van der Waals surface area contributed by atoms with Gasteiger partial charge in [0.2, 0.25) is 10.0 Å². The molecule has 7 heteroatoms. The second-order valence-electron chi connectivity index (χ2n) is 8.11. The molecular weight excluding hydrogens is 434 g/mol. The third-order valence-electron chi connectivity index (χ3n) is 5.69. The van der Waals surface area contributed by atoms with Gasteiger partial charge in [-0.1, -0.05) is 36.8 Å². The summed E-state index contributed by atoms with van der Waals surface area (Å²) in [4.78, 5) is 17.5. The third-order valence-corrected chi connectivity index (χ3v) is 7.58. The zero-order valence-corrected chi connectivity index (χ0v) is 19.4. The minimum absolute atomic E-state index is 0.159. The SMILES string of the molecule is Cc1ccc(S(=O)(=O)N2CCCCC2)cc1C(=O)Nc1cccc(/C=C/c2ccccn2)c1. The molecule has 0 aliphatic carbocycles. The van der Waals surface area contributed by atoms with Gasteiger partial charge >= 0.3 is 0 Å². The number of nitrogens with zero attached hydrogens (tertiary/aromatic N) is 2. The monoisotopic (exact) mass is 461 g/mol. The smallest absolute Gasteiger partial charge is 0.255 e. The van der Waals surface area contributed by atoms with E-state index in [4.69, 9.17) is 0 Å². The lowest BCUT2D eigenvalue weighted by molar-refractivity contribution is 0.102. The number of carbonyl (C=O) groups excluding carboxylic acids is 1. The Kier molecular flexibility index (Phi) is 7.01. The molecule has 3 aromatic rings. The Balaban J connectivity index is 1.53. The maximum absolute atomic E-state index is 13.0. The van der Waals surface area contributed by atoms with Gasteiger partial charge in [0, 0.05) is 30.5 Å². The summed E-state index contributed by atoms with van der Waals surface area (Å²) in [5.41, 5.74) is 3.46. The summed E-state index contributed by atoms with van der Waals surface area (Å²) >= 11 is 0. The van der Waals surface area contributed by atoms with Crippen molar-refractivity contribution in [1.82, 2.24) is 9.29 Å². The van der Waals surface area contributed by atoms with Gasteiger partial charge in [0.15, 0.2) is 0 Å². The molecule has 0 bridgehead atoms. The van der Waals surface area contributed by atoms with Gasteiger partial charge < -0.3 is 5.32 Å². The number of hydrogen-bond acceptors (Lipinski definition) is 4. The summed E-state index contributed by atoms with van der Waals surface area (Å²) in [6.07, 6.45) is 8.34. The predicted octanol–water partition coefficient (Wildman–Crippen LogP) is 4.99. The molecule has 0 spiro atoms. The Labute approximate surface area is 195 Å². The third kappa shape index (κ3) is 5.56. The van der Waals surface area contributed by atoms with Gasteiger partial charge in [0.1, 0.15) is 0 Å². The van der Waals surface area contributed by atoms with Crippen molar-refractivity contribution in [1.29, 1.82) is 0 Å². The molecule has 1 amide bonds. The molecule has 33 heavy (non-hydrogen) atoms. The molecule has 1 N–H and O–H groups in total. The van der Waals surface area contributed by atoms with Crippen LogP contribution in [0.5, 0.6) is 0 Å². The number of carbonyl (C=O) groups is 1. The van der Waals surface area contributed by atoms with Crippen molar-refractivity contribution in [3.63, 3.8) is 0 Å². The molecule has 0 radical (unpaired) electrons. The average Bonchev–Trinajstić information content (AvgIpc) is 2.84. The number of sulfonamides is 1. The summed E-state index contributed by atoms with van der Waals surface area (Å²) < 4.78 is 27.6. The van der Waals surface area contributed by atoms with Crippen LogP contribution in [-0.4, -0.2) is 36.7 Å². The fraction of sp³-hybridized carbons (Fsp3) is 0.231. The van der Waals surface area contributed by atoms with Crippen molar-refractivity contribution in [2.75, 3.05) is 18.4 Å². The number of hydrogen-bond donors (Lipinski definition) is 1. The number of amides is 1. The van der Waals surface area contributed by atoms with Crippen LogP contribution in [0.4, 0.5) is 5.69 Å². The molecule has 4 rings (SSSR count). The molecule has 1 fully saturated rings. The summed E-state index contributed by atoms with van der Waals surface area (Å²) in [6.45, 7) is 2.85. The lowest BCUT2D eigenvalue weighted by Crippen LogP contribution is -2.35. The second kappa shape index (κ2) is 10.1. The molecular formula is C26H27N3O3S. The summed E-state index contributed by atoms with van der Waals surface area (Å²) in [5.74, 6) is -0.339. The van der Waals surface area contributed by atoms with Crippen LogP contribution >= 0.6 is 0 Å². The Morgan fingerprint density at radius 1 is 0.970 bits per heavy atom. The molecule has 1 aliphatic heterocycles. The highest BCUT2D eigenvalue weighted by Gasteiger charge is 2.27. The maximum Gasteiger partial charge on any atom is 0.255 e. The van der Waals surface area contributed by atoms with E-state index in [-0.39, 0.29) is 10.8 Å². The first-order chi connectivity index (χ1) is 15.9. The highest BCUT2D eigenvalue weighted by molar-refractivity contribution is 7.89. The fourth-order valence-electron chi connectivity index (χ4n) is 3.84. The topological polar surface area (TPSA) is 79.4 Å². The summed E-state index contributed by atoms with van der Waals surface area (Å²) in [7, 11) is -3.61. The van der Waals surface area contributed by atoms with Crippen LogP contribution in [0.15, 0.2) is 71.8 Å². The second-order valence-corrected chi connectivity index (χ2v) is 10.0. The molecule has 0 atom stereocenters. The van der Waals surface area contributed by atoms with E-state index < -0.39 is 10.0 Å². The maximum atomic E-state index is 13.0. The van der Waals surface area contributed by atoms with E-state index >= 15 is 0 Å². The molecule has 6 nitrogen and oxygen atoms in total. The van der Waals surface area contributed by atoms with Gasteiger partial charge in [0.05, 0.1) is 10.6 Å². The standard InChI is InChI=1S/C26H27N3O3S/c1-20-11-14-24(33(31,32)29-16-5-2-6-17-29)19-25(20)26(30)28-23-10-7-8-21(18-23)12-13-22-9-3-4-15-27-22/h3-4,7-15,18-19H,2,5-6,16-17H2,1H3,(H,28,30)/b13-12+. The molecule has 1 aromatic heterocycles. The van der Waals surface area contributed by atoms with E-state index in [1.165, 1.54) is 10.4 Å². The quantitative estimate of drug-likeness (QED) is 0.561. The van der Waals surface area contributed by atoms with Gasteiger partial charge in [-0.25, -0.2) is 8.42 Å². The number of pyridine rings is 1. The van der Waals surface area contributed by atoms with Crippen molar-refractivity contribution in [3.8, 4) is 0 Å². The minimum Gasteiger partial charge on any atom is -0.322 e. The first-order valence-electron chi connectivity index (χ1n) is 11.0. The number of aryl methyl sites for hydroxylation is 1. The number of benzene rings is 2. The average molecular weight is 462 g/mol. The van der Waals surface area contributed by atoms with E-state index in [2.05, 4.69) is 10.3 Å². The van der Waals surface area contributed by atoms with Crippen LogP contribution in [0.1, 0.15) is 46.4 Å². The molecule has 1 saturated heterocycles. The van der Waals surface area contributed by atoms with Gasteiger partial charge in [-0.3, -0.25) is 9.78 Å². The highest BCUT2D eigenvalue weighted by atomic mass is 32.2. The molecule has 2 aromatic carbocycles. The lowest BCUT2D eigenvalue weighted by Gasteiger charge is -2.26. The van der Waals surface area contributed by atoms with E-state index in [0.29, 0.717) is 24.3 Å². The van der Waals surface area contributed by atoms with Crippen LogP contribution in [0.25, 0.3) is 12.2 Å². The van der Waals surface area contributed by atoms with Gasteiger partial charge in [-0.2, -0.15) is 4.31 Å². The normalized spacial score (nSPS) is 14.9. The largest absolute Gasteiger partial charge is 0.322 e. The van der Waals surface area contributed by atoms with Crippen molar-refractivity contribution in [2.24, 2.45) is 0 Å². The van der Waals surface area contributed by atoms with Crippen LogP contribution in [0, 0.1) is 6.92 Å². The molecule has 170 valence electrons. The van der Waals surface area contributed by atoms with Crippen LogP contribution in [0.3, 0.4) is 0 Å². The fourth-order valence-corrected chi connectivity index (χ4v) is 5.38. The first-order valence-corrected chi connectivity index (χ1v) is 12.5. The Morgan fingerprint density at radius 2 is 1.79 bits per heavy atom. The Bertz CT molecular complexity index is 1260. The van der Waals surface area contributed by atoms with E-state index in [0.717, 1.165) is 36.1 Å². The summed E-state index contributed by atoms with van der Waals surface area (Å²) in [6, 6.07) is 17.9. The zero-order valence-electron chi connectivity index (χ0n) is 18.6. The highest BCUT2D eigenvalue weighted by Crippen LogP contribution is 2.24. The van der Waals surface area contributed by atoms with Gasteiger partial charge in [0.25, 0.3) is 5.91 Å². The van der Waals surface area contributed by atoms with Crippen molar-refractivity contribution in [2.45, 2.75) is 31.1 Å². The predicted molar refractivity (Wildman–Crippen MR) is 131 cm³/mol. The number of aromatic nitrogens is 1. The Hall–Kier alpha value is -3.29. The van der Waals surface area contributed by atoms with Crippen molar-refractivity contribution >= 4 is 33.8 Å². The zero-order chi connectivity index (χ0) is 23.3.